The molecule has 2 N–H and O–H groups in total. The van der Waals surface area contributed by atoms with E-state index in [0.717, 1.165) is 0 Å². The minimum Gasteiger partial charge on any atom is -0.399 e. The fourth-order valence-electron chi connectivity index (χ4n) is 2.02. The van der Waals surface area contributed by atoms with Gasteiger partial charge >= 0.3 is 0 Å². The van der Waals surface area contributed by atoms with Crippen LogP contribution in [0, 0.1) is 5.82 Å². The highest BCUT2D eigenvalue weighted by atomic mass is 19.1. The Balaban J connectivity index is 2.77. The zero-order valence-corrected chi connectivity index (χ0v) is 8.97. The van der Waals surface area contributed by atoms with Crippen molar-refractivity contribution in [3.05, 3.63) is 29.1 Å². The monoisotopic (exact) mass is 208 g/mol. The molecule has 1 aliphatic heterocycles. The average Bonchev–Trinajstić information content (AvgIpc) is 2.27. The topological polar surface area (TPSA) is 46.3 Å². The summed E-state index contributed by atoms with van der Waals surface area (Å²) in [6.07, 6.45) is 0. The first-order valence-corrected chi connectivity index (χ1v) is 4.73. The Bertz CT molecular complexity index is 454. The lowest BCUT2D eigenvalue weighted by atomic mass is 9.93. The summed E-state index contributed by atoms with van der Waals surface area (Å²) in [6, 6.07) is 2.79. The van der Waals surface area contributed by atoms with Gasteiger partial charge in [0.25, 0.3) is 5.91 Å². The van der Waals surface area contributed by atoms with E-state index in [-0.39, 0.29) is 11.6 Å². The van der Waals surface area contributed by atoms with Crippen molar-refractivity contribution >= 4 is 11.6 Å². The molecule has 3 nitrogen and oxygen atoms in total. The smallest absolute Gasteiger partial charge is 0.254 e. The van der Waals surface area contributed by atoms with E-state index in [1.54, 1.807) is 7.05 Å². The molecule has 0 unspecified atom stereocenters. The molecule has 0 bridgehead atoms. The van der Waals surface area contributed by atoms with E-state index in [1.807, 2.05) is 13.8 Å². The van der Waals surface area contributed by atoms with Crippen LogP contribution in [0.25, 0.3) is 0 Å². The average molecular weight is 208 g/mol. The number of benzene rings is 1. The van der Waals surface area contributed by atoms with Crippen molar-refractivity contribution < 1.29 is 9.18 Å². The summed E-state index contributed by atoms with van der Waals surface area (Å²) in [5.41, 5.74) is 6.00. The van der Waals surface area contributed by atoms with Crippen molar-refractivity contribution in [2.24, 2.45) is 0 Å². The number of anilines is 1. The molecule has 0 radical (unpaired) electrons. The van der Waals surface area contributed by atoms with Gasteiger partial charge in [-0.3, -0.25) is 4.79 Å². The number of nitrogens with zero attached hydrogens (tertiary/aromatic N) is 1. The normalized spacial score (nSPS) is 18.1. The van der Waals surface area contributed by atoms with Gasteiger partial charge in [0.1, 0.15) is 5.82 Å². The summed E-state index contributed by atoms with van der Waals surface area (Å²) in [4.78, 5) is 13.3. The predicted octanol–water partition coefficient (Wildman–Crippen LogP) is 1.73. The zero-order chi connectivity index (χ0) is 11.4. The third kappa shape index (κ3) is 1.14. The maximum absolute atomic E-state index is 13.7. The summed E-state index contributed by atoms with van der Waals surface area (Å²) in [6.45, 7) is 3.63. The van der Waals surface area contributed by atoms with Crippen LogP contribution in [0.3, 0.4) is 0 Å². The predicted molar refractivity (Wildman–Crippen MR) is 55.9 cm³/mol. The lowest BCUT2D eigenvalue weighted by Crippen LogP contribution is -2.35. The van der Waals surface area contributed by atoms with E-state index in [9.17, 15) is 9.18 Å². The van der Waals surface area contributed by atoms with Crippen LogP contribution in [-0.4, -0.2) is 17.9 Å². The molecule has 1 aliphatic rings. The van der Waals surface area contributed by atoms with Gasteiger partial charge in [0.15, 0.2) is 0 Å². The van der Waals surface area contributed by atoms with Gasteiger partial charge in [-0.05, 0) is 26.0 Å². The second-order valence-electron chi connectivity index (χ2n) is 4.35. The van der Waals surface area contributed by atoms with Crippen molar-refractivity contribution in [2.75, 3.05) is 12.8 Å². The third-order valence-electron chi connectivity index (χ3n) is 3.10. The Morgan fingerprint density at radius 1 is 1.40 bits per heavy atom. The fourth-order valence-corrected chi connectivity index (χ4v) is 2.02. The molecule has 2 rings (SSSR count). The molecule has 1 aromatic rings. The first-order chi connectivity index (χ1) is 6.85. The van der Waals surface area contributed by atoms with E-state index in [2.05, 4.69) is 0 Å². The van der Waals surface area contributed by atoms with Crippen LogP contribution in [0.2, 0.25) is 0 Å². The summed E-state index contributed by atoms with van der Waals surface area (Å²) in [5.74, 6) is -0.589. The molecule has 0 saturated carbocycles. The van der Waals surface area contributed by atoms with E-state index < -0.39 is 11.4 Å². The Morgan fingerprint density at radius 3 is 2.60 bits per heavy atom. The minimum absolute atomic E-state index is 0.179. The van der Waals surface area contributed by atoms with Crippen LogP contribution in [0.5, 0.6) is 0 Å². The summed E-state index contributed by atoms with van der Waals surface area (Å²) >= 11 is 0. The van der Waals surface area contributed by atoms with Crippen molar-refractivity contribution in [2.45, 2.75) is 19.4 Å². The van der Waals surface area contributed by atoms with Gasteiger partial charge in [-0.25, -0.2) is 4.39 Å². The summed E-state index contributed by atoms with van der Waals surface area (Å²) in [5, 5.41) is 0. The highest BCUT2D eigenvalue weighted by Gasteiger charge is 2.42. The van der Waals surface area contributed by atoms with Gasteiger partial charge in [-0.15, -0.1) is 0 Å². The highest BCUT2D eigenvalue weighted by Crippen LogP contribution is 2.39. The molecule has 4 heteroatoms. The molecule has 80 valence electrons. The van der Waals surface area contributed by atoms with Crippen LogP contribution in [-0.2, 0) is 5.54 Å². The van der Waals surface area contributed by atoms with Crippen molar-refractivity contribution in [1.29, 1.82) is 0 Å². The molecule has 1 heterocycles. The Hall–Kier alpha value is -1.58. The van der Waals surface area contributed by atoms with Crippen LogP contribution < -0.4 is 5.73 Å². The van der Waals surface area contributed by atoms with Gasteiger partial charge in [0, 0.05) is 18.3 Å². The van der Waals surface area contributed by atoms with E-state index in [1.165, 1.54) is 17.0 Å². The number of amides is 1. The van der Waals surface area contributed by atoms with E-state index in [0.29, 0.717) is 11.1 Å². The second kappa shape index (κ2) is 2.72. The molecule has 0 aliphatic carbocycles. The molecule has 1 amide bonds. The van der Waals surface area contributed by atoms with Gasteiger partial charge in [-0.1, -0.05) is 0 Å². The zero-order valence-electron chi connectivity index (χ0n) is 8.97. The van der Waals surface area contributed by atoms with Gasteiger partial charge < -0.3 is 10.6 Å². The number of carbonyl (C=O) groups is 1. The molecule has 0 atom stereocenters. The van der Waals surface area contributed by atoms with Crippen LogP contribution in [0.15, 0.2) is 12.1 Å². The molecule has 0 spiro atoms. The Labute approximate surface area is 87.7 Å². The van der Waals surface area contributed by atoms with E-state index >= 15 is 0 Å². The molecule has 0 fully saturated rings. The minimum atomic E-state index is -0.607. The first-order valence-electron chi connectivity index (χ1n) is 4.73. The lowest BCUT2D eigenvalue weighted by molar-refractivity contribution is 0.0689. The Kier molecular flexibility index (Phi) is 1.80. The molecule has 1 aromatic carbocycles. The molecule has 0 saturated heterocycles. The number of halogens is 1. The third-order valence-corrected chi connectivity index (χ3v) is 3.10. The van der Waals surface area contributed by atoms with Crippen LogP contribution in [0.1, 0.15) is 29.8 Å². The lowest BCUT2D eigenvalue weighted by Gasteiger charge is -2.28. The van der Waals surface area contributed by atoms with Gasteiger partial charge in [-0.2, -0.15) is 0 Å². The first kappa shape index (κ1) is 9.96. The van der Waals surface area contributed by atoms with Gasteiger partial charge in [0.05, 0.1) is 11.1 Å². The second-order valence-corrected chi connectivity index (χ2v) is 4.35. The number of hydrogen-bond donors (Lipinski definition) is 1. The quantitative estimate of drug-likeness (QED) is 0.660. The molecule has 0 aromatic heterocycles. The standard InChI is InChI=1S/C11H13FN2O/c1-11(2)9-7(10(15)14(11)3)4-6(13)5-8(9)12/h4-5H,13H2,1-3H3. The van der Waals surface area contributed by atoms with Crippen LogP contribution >= 0.6 is 0 Å². The van der Waals surface area contributed by atoms with Crippen molar-refractivity contribution in [3.63, 3.8) is 0 Å². The number of nitrogens with two attached hydrogens (primary N) is 1. The van der Waals surface area contributed by atoms with Crippen molar-refractivity contribution in [1.82, 2.24) is 4.90 Å². The number of hydrogen-bond acceptors (Lipinski definition) is 2. The van der Waals surface area contributed by atoms with Gasteiger partial charge in [0.2, 0.25) is 0 Å². The van der Waals surface area contributed by atoms with Crippen LogP contribution in [0.4, 0.5) is 10.1 Å². The van der Waals surface area contributed by atoms with E-state index in [4.69, 9.17) is 5.73 Å². The number of carbonyl (C=O) groups excluding carboxylic acids is 1. The molecular formula is C11H13FN2O. The summed E-state index contributed by atoms with van der Waals surface area (Å²) in [7, 11) is 1.66. The Morgan fingerprint density at radius 2 is 2.00 bits per heavy atom. The molecule has 15 heavy (non-hydrogen) atoms. The number of rotatable bonds is 0. The van der Waals surface area contributed by atoms with Crippen molar-refractivity contribution in [3.8, 4) is 0 Å². The molecular weight excluding hydrogens is 195 g/mol. The summed E-state index contributed by atoms with van der Waals surface area (Å²) < 4.78 is 13.7. The maximum Gasteiger partial charge on any atom is 0.254 e. The number of fused-ring (bicyclic) bond motifs is 1. The number of nitrogen functional groups attached to an aromatic ring is 1. The SMILES string of the molecule is CN1C(=O)c2cc(N)cc(F)c2C1(C)C. The largest absolute Gasteiger partial charge is 0.399 e. The maximum atomic E-state index is 13.7. The fraction of sp³-hybridized carbons (Fsp3) is 0.364. The highest BCUT2D eigenvalue weighted by molar-refractivity contribution is 6.00.